The standard InChI is InChI=1S/C13H14BrNOS/c1-3-7-17-8-6-15-13(16)11-4-5-12(14)10(2)9-11/h1,4-5,9H,6-8H2,2H3,(H,15,16). The number of amides is 1. The number of nitrogens with one attached hydrogen (secondary N) is 1. The molecule has 1 rings (SSSR count). The van der Waals surface area contributed by atoms with E-state index in [-0.39, 0.29) is 5.91 Å². The third-order valence-electron chi connectivity index (χ3n) is 2.14. The minimum Gasteiger partial charge on any atom is -0.351 e. The minimum absolute atomic E-state index is 0.0399. The SMILES string of the molecule is C#CCSCCNC(=O)c1ccc(Br)c(C)c1. The van der Waals surface area contributed by atoms with Crippen molar-refractivity contribution in [2.45, 2.75) is 6.92 Å². The maximum absolute atomic E-state index is 11.8. The van der Waals surface area contributed by atoms with Crippen LogP contribution < -0.4 is 5.32 Å². The Hall–Kier alpha value is -0.920. The average Bonchev–Trinajstić information content (AvgIpc) is 2.32. The largest absolute Gasteiger partial charge is 0.351 e. The van der Waals surface area contributed by atoms with Crippen molar-refractivity contribution in [3.63, 3.8) is 0 Å². The Morgan fingerprint density at radius 1 is 1.59 bits per heavy atom. The molecule has 2 nitrogen and oxygen atoms in total. The zero-order valence-corrected chi connectivity index (χ0v) is 12.0. The van der Waals surface area contributed by atoms with Crippen molar-refractivity contribution in [2.24, 2.45) is 0 Å². The van der Waals surface area contributed by atoms with Crippen LogP contribution in [0.3, 0.4) is 0 Å². The van der Waals surface area contributed by atoms with E-state index < -0.39 is 0 Å². The number of carbonyl (C=O) groups is 1. The average molecular weight is 312 g/mol. The highest BCUT2D eigenvalue weighted by molar-refractivity contribution is 9.10. The second-order valence-electron chi connectivity index (χ2n) is 3.48. The van der Waals surface area contributed by atoms with Gasteiger partial charge in [0.05, 0.1) is 5.75 Å². The third-order valence-corrected chi connectivity index (χ3v) is 3.89. The fraction of sp³-hybridized carbons (Fsp3) is 0.308. The lowest BCUT2D eigenvalue weighted by molar-refractivity contribution is 0.0956. The van der Waals surface area contributed by atoms with Gasteiger partial charge in [0, 0.05) is 22.3 Å². The van der Waals surface area contributed by atoms with E-state index >= 15 is 0 Å². The molecule has 0 atom stereocenters. The second-order valence-corrected chi connectivity index (χ2v) is 5.44. The molecule has 1 aromatic carbocycles. The van der Waals surface area contributed by atoms with E-state index in [1.54, 1.807) is 17.8 Å². The summed E-state index contributed by atoms with van der Waals surface area (Å²) in [7, 11) is 0. The van der Waals surface area contributed by atoms with Gasteiger partial charge in [0.2, 0.25) is 0 Å². The minimum atomic E-state index is -0.0399. The Balaban J connectivity index is 2.42. The van der Waals surface area contributed by atoms with E-state index in [0.29, 0.717) is 17.9 Å². The summed E-state index contributed by atoms with van der Waals surface area (Å²) < 4.78 is 1.01. The highest BCUT2D eigenvalue weighted by atomic mass is 79.9. The Labute approximate surface area is 115 Å². The van der Waals surface area contributed by atoms with E-state index in [0.717, 1.165) is 15.8 Å². The predicted molar refractivity (Wildman–Crippen MR) is 77.4 cm³/mol. The maximum Gasteiger partial charge on any atom is 0.251 e. The molecule has 0 spiro atoms. The molecule has 0 aromatic heterocycles. The zero-order valence-electron chi connectivity index (χ0n) is 9.63. The molecule has 0 aliphatic heterocycles. The molecule has 1 N–H and O–H groups in total. The van der Waals surface area contributed by atoms with Crippen LogP contribution in [-0.2, 0) is 0 Å². The predicted octanol–water partition coefficient (Wildman–Crippen LogP) is 2.85. The number of hydrogen-bond donors (Lipinski definition) is 1. The Kier molecular flexibility index (Phi) is 6.17. The normalized spacial score (nSPS) is 9.71. The monoisotopic (exact) mass is 311 g/mol. The van der Waals surface area contributed by atoms with Crippen LogP contribution in [-0.4, -0.2) is 24.0 Å². The smallest absolute Gasteiger partial charge is 0.251 e. The van der Waals surface area contributed by atoms with E-state index in [1.165, 1.54) is 0 Å². The van der Waals surface area contributed by atoms with Gasteiger partial charge in [-0.2, -0.15) is 0 Å². The highest BCUT2D eigenvalue weighted by Gasteiger charge is 2.05. The van der Waals surface area contributed by atoms with Crippen LogP contribution in [0.5, 0.6) is 0 Å². The van der Waals surface area contributed by atoms with Gasteiger partial charge >= 0.3 is 0 Å². The van der Waals surface area contributed by atoms with Crippen LogP contribution in [0.15, 0.2) is 22.7 Å². The van der Waals surface area contributed by atoms with Crippen LogP contribution in [0.4, 0.5) is 0 Å². The molecule has 0 saturated heterocycles. The van der Waals surface area contributed by atoms with Gasteiger partial charge in [0.15, 0.2) is 0 Å². The lowest BCUT2D eigenvalue weighted by Gasteiger charge is -2.06. The number of benzene rings is 1. The summed E-state index contributed by atoms with van der Waals surface area (Å²) in [4.78, 5) is 11.8. The van der Waals surface area contributed by atoms with E-state index in [2.05, 4.69) is 27.2 Å². The van der Waals surface area contributed by atoms with E-state index in [9.17, 15) is 4.79 Å². The Morgan fingerprint density at radius 3 is 3.00 bits per heavy atom. The first-order valence-corrected chi connectivity index (χ1v) is 7.15. The molecule has 4 heteroatoms. The van der Waals surface area contributed by atoms with Gasteiger partial charge in [-0.15, -0.1) is 18.2 Å². The van der Waals surface area contributed by atoms with Gasteiger partial charge in [-0.3, -0.25) is 4.79 Å². The lowest BCUT2D eigenvalue weighted by atomic mass is 10.1. The quantitative estimate of drug-likeness (QED) is 0.669. The van der Waals surface area contributed by atoms with Gasteiger partial charge in [0.25, 0.3) is 5.91 Å². The fourth-order valence-corrected chi connectivity index (χ4v) is 2.01. The number of rotatable bonds is 5. The van der Waals surface area contributed by atoms with Crippen LogP contribution in [0.1, 0.15) is 15.9 Å². The summed E-state index contributed by atoms with van der Waals surface area (Å²) in [5.74, 6) is 4.03. The van der Waals surface area contributed by atoms with Crippen molar-refractivity contribution < 1.29 is 4.79 Å². The van der Waals surface area contributed by atoms with E-state index in [1.807, 2.05) is 19.1 Å². The molecule has 0 saturated carbocycles. The van der Waals surface area contributed by atoms with Gasteiger partial charge in [-0.1, -0.05) is 21.9 Å². The summed E-state index contributed by atoms with van der Waals surface area (Å²) in [6.45, 7) is 2.60. The van der Waals surface area contributed by atoms with Crippen LogP contribution >= 0.6 is 27.7 Å². The summed E-state index contributed by atoms with van der Waals surface area (Å²) in [6.07, 6.45) is 5.13. The first-order chi connectivity index (χ1) is 8.15. The van der Waals surface area contributed by atoms with Gasteiger partial charge < -0.3 is 5.32 Å². The summed E-state index contributed by atoms with van der Waals surface area (Å²) in [5.41, 5.74) is 1.74. The third kappa shape index (κ3) is 4.84. The number of aryl methyl sites for hydroxylation is 1. The zero-order chi connectivity index (χ0) is 12.7. The fourth-order valence-electron chi connectivity index (χ4n) is 1.26. The van der Waals surface area contributed by atoms with Gasteiger partial charge in [-0.05, 0) is 30.7 Å². The van der Waals surface area contributed by atoms with Gasteiger partial charge in [0.1, 0.15) is 0 Å². The first-order valence-electron chi connectivity index (χ1n) is 5.20. The molecule has 0 radical (unpaired) electrons. The number of halogens is 1. The topological polar surface area (TPSA) is 29.1 Å². The molecule has 0 aliphatic rings. The van der Waals surface area contributed by atoms with Crippen molar-refractivity contribution in [3.05, 3.63) is 33.8 Å². The van der Waals surface area contributed by atoms with Gasteiger partial charge in [-0.25, -0.2) is 0 Å². The summed E-state index contributed by atoms with van der Waals surface area (Å²) in [6, 6.07) is 5.56. The van der Waals surface area contributed by atoms with Crippen molar-refractivity contribution in [3.8, 4) is 12.3 Å². The lowest BCUT2D eigenvalue weighted by Crippen LogP contribution is -2.25. The number of thioether (sulfide) groups is 1. The van der Waals surface area contributed by atoms with Crippen LogP contribution in [0.2, 0.25) is 0 Å². The molecule has 0 unspecified atom stereocenters. The van der Waals surface area contributed by atoms with E-state index in [4.69, 9.17) is 6.42 Å². The highest BCUT2D eigenvalue weighted by Crippen LogP contribution is 2.16. The molecular weight excluding hydrogens is 298 g/mol. The summed E-state index contributed by atoms with van der Waals surface area (Å²) >= 11 is 5.04. The molecule has 0 aliphatic carbocycles. The maximum atomic E-state index is 11.8. The first kappa shape index (κ1) is 14.1. The number of carbonyl (C=O) groups excluding carboxylic acids is 1. The molecule has 1 aromatic rings. The summed E-state index contributed by atoms with van der Waals surface area (Å²) in [5, 5.41) is 2.86. The molecule has 90 valence electrons. The number of terminal acetylenes is 1. The van der Waals surface area contributed by atoms with Crippen molar-refractivity contribution in [2.75, 3.05) is 18.1 Å². The number of hydrogen-bond acceptors (Lipinski definition) is 2. The molecule has 0 heterocycles. The second kappa shape index (κ2) is 7.41. The van der Waals surface area contributed by atoms with Crippen molar-refractivity contribution in [1.29, 1.82) is 0 Å². The molecule has 17 heavy (non-hydrogen) atoms. The van der Waals surface area contributed by atoms with Crippen molar-refractivity contribution in [1.82, 2.24) is 5.32 Å². The molecule has 1 amide bonds. The van der Waals surface area contributed by atoms with Crippen LogP contribution in [0.25, 0.3) is 0 Å². The molecular formula is C13H14BrNOS. The Bertz CT molecular complexity index is 440. The Morgan fingerprint density at radius 2 is 2.35 bits per heavy atom. The van der Waals surface area contributed by atoms with Crippen molar-refractivity contribution >= 4 is 33.6 Å². The van der Waals surface area contributed by atoms with Crippen LogP contribution in [0, 0.1) is 19.3 Å². The molecule has 0 bridgehead atoms. The molecule has 0 fully saturated rings.